The highest BCUT2D eigenvalue weighted by Crippen LogP contribution is 2.22. The maximum atomic E-state index is 13.8. The van der Waals surface area contributed by atoms with Crippen molar-refractivity contribution in [1.29, 1.82) is 0 Å². The van der Waals surface area contributed by atoms with Crippen molar-refractivity contribution in [2.24, 2.45) is 12.0 Å². The highest BCUT2D eigenvalue weighted by Gasteiger charge is 2.13. The molecule has 0 saturated heterocycles. The third kappa shape index (κ3) is 2.55. The third-order valence-corrected chi connectivity index (χ3v) is 4.53. The quantitative estimate of drug-likeness (QED) is 0.662. The summed E-state index contributed by atoms with van der Waals surface area (Å²) in [5, 5.41) is 0.289. The van der Waals surface area contributed by atoms with Crippen LogP contribution in [0.15, 0.2) is 41.4 Å². The molecule has 0 saturated carbocycles. The summed E-state index contributed by atoms with van der Waals surface area (Å²) in [5.74, 6) is -1.90. The number of amides is 1. The fourth-order valence-corrected chi connectivity index (χ4v) is 3.36. The second-order valence-electron chi connectivity index (χ2n) is 4.57. The first kappa shape index (κ1) is 14.9. The Kier molecular flexibility index (Phi) is 3.80. The van der Waals surface area contributed by atoms with Crippen molar-refractivity contribution >= 4 is 39.1 Å². The van der Waals surface area contributed by atoms with E-state index in [1.54, 1.807) is 31.3 Å². The van der Waals surface area contributed by atoms with Crippen molar-refractivity contribution in [3.05, 3.63) is 63.4 Å². The average Bonchev–Trinajstić information content (AvgIpc) is 2.75. The number of hydrogen-bond acceptors (Lipinski definition) is 2. The number of rotatable bonds is 1. The minimum absolute atomic E-state index is 0.206. The number of halogens is 3. The van der Waals surface area contributed by atoms with Crippen LogP contribution in [-0.4, -0.2) is 10.5 Å². The molecule has 0 fully saturated rings. The molecule has 1 heterocycles. The van der Waals surface area contributed by atoms with Crippen molar-refractivity contribution in [1.82, 2.24) is 4.57 Å². The Morgan fingerprint density at radius 3 is 2.73 bits per heavy atom. The number of carbonyl (C=O) groups excluding carboxylic acids is 1. The Morgan fingerprint density at radius 1 is 1.27 bits per heavy atom. The molecule has 22 heavy (non-hydrogen) atoms. The van der Waals surface area contributed by atoms with Gasteiger partial charge in [0.15, 0.2) is 10.6 Å². The molecule has 7 heteroatoms. The van der Waals surface area contributed by atoms with Gasteiger partial charge in [-0.05, 0) is 18.2 Å². The lowest BCUT2D eigenvalue weighted by atomic mass is 10.2. The van der Waals surface area contributed by atoms with Crippen LogP contribution in [-0.2, 0) is 7.05 Å². The summed E-state index contributed by atoms with van der Waals surface area (Å²) in [5.41, 5.74) is 0.463. The summed E-state index contributed by atoms with van der Waals surface area (Å²) >= 11 is 6.99. The lowest BCUT2D eigenvalue weighted by Crippen LogP contribution is -2.14. The number of fused-ring (bicyclic) bond motifs is 1. The molecule has 112 valence electrons. The third-order valence-electron chi connectivity index (χ3n) is 3.12. The topological polar surface area (TPSA) is 34.4 Å². The van der Waals surface area contributed by atoms with Crippen LogP contribution in [0.5, 0.6) is 0 Å². The van der Waals surface area contributed by atoms with Gasteiger partial charge in [-0.3, -0.25) is 4.79 Å². The van der Waals surface area contributed by atoms with Gasteiger partial charge in [0.05, 0.1) is 20.8 Å². The fraction of sp³-hybridized carbons (Fsp3) is 0.0667. The minimum atomic E-state index is -0.694. The van der Waals surface area contributed by atoms with Crippen LogP contribution >= 0.6 is 22.9 Å². The van der Waals surface area contributed by atoms with Gasteiger partial charge >= 0.3 is 0 Å². The molecule has 0 bridgehead atoms. The summed E-state index contributed by atoms with van der Waals surface area (Å²) in [6, 6.07) is 8.54. The van der Waals surface area contributed by atoms with Gasteiger partial charge in [-0.2, -0.15) is 4.99 Å². The molecule has 3 aromatic rings. The molecule has 0 N–H and O–H groups in total. The van der Waals surface area contributed by atoms with E-state index in [1.165, 1.54) is 10.6 Å². The van der Waals surface area contributed by atoms with Crippen molar-refractivity contribution in [2.45, 2.75) is 0 Å². The van der Waals surface area contributed by atoms with E-state index in [0.717, 1.165) is 17.4 Å². The van der Waals surface area contributed by atoms with Gasteiger partial charge in [-0.1, -0.05) is 35.1 Å². The smallest absolute Gasteiger partial charge is 0.281 e. The number of hydrogen-bond donors (Lipinski definition) is 0. The molecule has 0 atom stereocenters. The lowest BCUT2D eigenvalue weighted by Gasteiger charge is -1.99. The molecule has 0 spiro atoms. The van der Waals surface area contributed by atoms with E-state index in [1.807, 2.05) is 0 Å². The lowest BCUT2D eigenvalue weighted by molar-refractivity contribution is 0.0998. The van der Waals surface area contributed by atoms with Gasteiger partial charge in [0.2, 0.25) is 0 Å². The molecule has 1 amide bonds. The Balaban J connectivity index is 2.18. The van der Waals surface area contributed by atoms with E-state index >= 15 is 0 Å². The highest BCUT2D eigenvalue weighted by atomic mass is 35.5. The molecule has 0 aliphatic rings. The van der Waals surface area contributed by atoms with E-state index in [9.17, 15) is 13.6 Å². The van der Waals surface area contributed by atoms with E-state index in [2.05, 4.69) is 4.99 Å². The SMILES string of the molecule is Cn1c(=NC(=O)c2ccccc2Cl)sc2cc(F)cc(F)c21. The largest absolute Gasteiger partial charge is 0.317 e. The Labute approximate surface area is 133 Å². The average molecular weight is 339 g/mol. The van der Waals surface area contributed by atoms with Gasteiger partial charge in [-0.15, -0.1) is 0 Å². The molecule has 0 radical (unpaired) electrons. The normalized spacial score (nSPS) is 12.1. The van der Waals surface area contributed by atoms with Crippen molar-refractivity contribution in [3.8, 4) is 0 Å². The monoisotopic (exact) mass is 338 g/mol. The van der Waals surface area contributed by atoms with Gasteiger partial charge < -0.3 is 4.57 Å². The summed E-state index contributed by atoms with van der Waals surface area (Å²) in [6.07, 6.45) is 0. The standard InChI is InChI=1S/C15H9ClF2N2OS/c1-20-13-11(18)6-8(17)7-12(13)22-15(20)19-14(21)9-4-2-3-5-10(9)16/h2-7H,1H3. The summed E-state index contributed by atoms with van der Waals surface area (Å²) in [6.45, 7) is 0. The van der Waals surface area contributed by atoms with Crippen LogP contribution in [0.4, 0.5) is 8.78 Å². The second kappa shape index (κ2) is 5.62. The van der Waals surface area contributed by atoms with Crippen LogP contribution < -0.4 is 4.80 Å². The van der Waals surface area contributed by atoms with Gasteiger partial charge in [-0.25, -0.2) is 8.78 Å². The molecule has 0 aliphatic heterocycles. The number of aromatic nitrogens is 1. The zero-order chi connectivity index (χ0) is 15.9. The van der Waals surface area contributed by atoms with Crippen molar-refractivity contribution in [2.75, 3.05) is 0 Å². The fourth-order valence-electron chi connectivity index (χ4n) is 2.09. The predicted octanol–water partition coefficient (Wildman–Crippen LogP) is 3.91. The van der Waals surface area contributed by atoms with Crippen molar-refractivity contribution < 1.29 is 13.6 Å². The molecular formula is C15H9ClF2N2OS. The molecule has 0 aliphatic carbocycles. The first-order chi connectivity index (χ1) is 10.5. The summed E-state index contributed by atoms with van der Waals surface area (Å²) < 4.78 is 28.9. The second-order valence-corrected chi connectivity index (χ2v) is 5.99. The molecule has 2 aromatic carbocycles. The molecule has 1 aromatic heterocycles. The summed E-state index contributed by atoms with van der Waals surface area (Å²) in [7, 11) is 1.57. The number of thiazole rings is 1. The Bertz CT molecular complexity index is 962. The Morgan fingerprint density at radius 2 is 2.00 bits per heavy atom. The summed E-state index contributed by atoms with van der Waals surface area (Å²) in [4.78, 5) is 16.4. The van der Waals surface area contributed by atoms with Gasteiger partial charge in [0, 0.05) is 13.1 Å². The van der Waals surface area contributed by atoms with E-state index in [4.69, 9.17) is 11.6 Å². The Hall–Kier alpha value is -2.05. The first-order valence-electron chi connectivity index (χ1n) is 6.25. The van der Waals surface area contributed by atoms with E-state index in [-0.39, 0.29) is 20.9 Å². The molecule has 3 nitrogen and oxygen atoms in total. The van der Waals surface area contributed by atoms with Gasteiger partial charge in [0.25, 0.3) is 5.91 Å². The van der Waals surface area contributed by atoms with Crippen LogP contribution in [0.1, 0.15) is 10.4 Å². The van der Waals surface area contributed by atoms with Crippen LogP contribution in [0, 0.1) is 11.6 Å². The van der Waals surface area contributed by atoms with E-state index < -0.39 is 17.5 Å². The van der Waals surface area contributed by atoms with Gasteiger partial charge in [0.1, 0.15) is 5.82 Å². The van der Waals surface area contributed by atoms with Crippen LogP contribution in [0.3, 0.4) is 0 Å². The minimum Gasteiger partial charge on any atom is -0.317 e. The molecular weight excluding hydrogens is 330 g/mol. The first-order valence-corrected chi connectivity index (χ1v) is 7.45. The van der Waals surface area contributed by atoms with Crippen molar-refractivity contribution in [3.63, 3.8) is 0 Å². The van der Waals surface area contributed by atoms with Crippen LogP contribution in [0.2, 0.25) is 5.02 Å². The maximum Gasteiger partial charge on any atom is 0.281 e. The zero-order valence-electron chi connectivity index (χ0n) is 11.3. The highest BCUT2D eigenvalue weighted by molar-refractivity contribution is 7.16. The number of nitrogens with zero attached hydrogens (tertiary/aromatic N) is 2. The predicted molar refractivity (Wildman–Crippen MR) is 82.1 cm³/mol. The number of benzene rings is 2. The van der Waals surface area contributed by atoms with Crippen LogP contribution in [0.25, 0.3) is 10.2 Å². The number of carbonyl (C=O) groups is 1. The number of aryl methyl sites for hydroxylation is 1. The molecule has 0 unspecified atom stereocenters. The zero-order valence-corrected chi connectivity index (χ0v) is 12.9. The molecule has 3 rings (SSSR count). The van der Waals surface area contributed by atoms with E-state index in [0.29, 0.717) is 4.70 Å². The maximum absolute atomic E-state index is 13.8.